The second kappa shape index (κ2) is 7.81. The summed E-state index contributed by atoms with van der Waals surface area (Å²) in [7, 11) is 1.64. The number of anilines is 1. The Labute approximate surface area is 149 Å². The summed E-state index contributed by atoms with van der Waals surface area (Å²) in [4.78, 5) is 14.1. The number of methoxy groups -OCH3 is 1. The molecule has 25 heavy (non-hydrogen) atoms. The van der Waals surface area contributed by atoms with E-state index >= 15 is 0 Å². The fraction of sp³-hybridized carbons (Fsp3) is 0.381. The molecule has 1 aliphatic heterocycles. The quantitative estimate of drug-likeness (QED) is 0.827. The highest BCUT2D eigenvalue weighted by Crippen LogP contribution is 2.31. The van der Waals surface area contributed by atoms with Crippen LogP contribution >= 0.6 is 0 Å². The standard InChI is InChI=1S/C21H25NO3/c1-15(2)16-5-4-6-17(11-16)18-7-8-20-19(12-18)13-25-14-21(23)22(20)9-10-24-3/h4-8,11-12,15H,9-10,13-14H2,1-3H3. The van der Waals surface area contributed by atoms with Crippen LogP contribution in [0, 0.1) is 0 Å². The molecule has 0 saturated heterocycles. The fourth-order valence-corrected chi connectivity index (χ4v) is 3.11. The number of carbonyl (C=O) groups excluding carboxylic acids is 1. The zero-order valence-corrected chi connectivity index (χ0v) is 15.1. The van der Waals surface area contributed by atoms with Crippen LogP contribution in [0.1, 0.15) is 30.9 Å². The van der Waals surface area contributed by atoms with Crippen LogP contribution in [0.2, 0.25) is 0 Å². The van der Waals surface area contributed by atoms with Crippen molar-refractivity contribution in [2.24, 2.45) is 0 Å². The molecular weight excluding hydrogens is 314 g/mol. The van der Waals surface area contributed by atoms with Crippen molar-refractivity contribution in [3.8, 4) is 11.1 Å². The molecule has 132 valence electrons. The van der Waals surface area contributed by atoms with Crippen molar-refractivity contribution in [1.82, 2.24) is 0 Å². The number of benzene rings is 2. The molecule has 2 aromatic carbocycles. The van der Waals surface area contributed by atoms with E-state index in [0.717, 1.165) is 16.8 Å². The molecule has 4 nitrogen and oxygen atoms in total. The van der Waals surface area contributed by atoms with Crippen molar-refractivity contribution >= 4 is 11.6 Å². The molecule has 0 radical (unpaired) electrons. The van der Waals surface area contributed by atoms with Gasteiger partial charge < -0.3 is 14.4 Å². The minimum absolute atomic E-state index is 0.0228. The van der Waals surface area contributed by atoms with Crippen molar-refractivity contribution in [1.29, 1.82) is 0 Å². The number of hydrogen-bond acceptors (Lipinski definition) is 3. The Morgan fingerprint density at radius 3 is 2.68 bits per heavy atom. The van der Waals surface area contributed by atoms with Crippen LogP contribution in [0.15, 0.2) is 42.5 Å². The third-order valence-electron chi connectivity index (χ3n) is 4.56. The lowest BCUT2D eigenvalue weighted by Gasteiger charge is -2.22. The highest BCUT2D eigenvalue weighted by atomic mass is 16.5. The molecule has 0 bridgehead atoms. The Morgan fingerprint density at radius 1 is 1.12 bits per heavy atom. The molecule has 0 fully saturated rings. The third kappa shape index (κ3) is 3.91. The molecule has 3 rings (SSSR count). The van der Waals surface area contributed by atoms with E-state index < -0.39 is 0 Å². The lowest BCUT2D eigenvalue weighted by atomic mass is 9.96. The summed E-state index contributed by atoms with van der Waals surface area (Å²) in [5, 5.41) is 0. The van der Waals surface area contributed by atoms with Gasteiger partial charge >= 0.3 is 0 Å². The van der Waals surface area contributed by atoms with E-state index in [1.165, 1.54) is 11.1 Å². The normalized spacial score (nSPS) is 14.6. The number of amides is 1. The summed E-state index contributed by atoms with van der Waals surface area (Å²) in [5.74, 6) is 0.469. The molecular formula is C21H25NO3. The summed E-state index contributed by atoms with van der Waals surface area (Å²) >= 11 is 0. The topological polar surface area (TPSA) is 38.8 Å². The summed E-state index contributed by atoms with van der Waals surface area (Å²) in [6.45, 7) is 5.99. The van der Waals surface area contributed by atoms with Crippen molar-refractivity contribution in [3.63, 3.8) is 0 Å². The first kappa shape index (κ1) is 17.6. The fourth-order valence-electron chi connectivity index (χ4n) is 3.11. The Hall–Kier alpha value is -2.17. The molecule has 0 spiro atoms. The van der Waals surface area contributed by atoms with Gasteiger partial charge in [0.1, 0.15) is 6.61 Å². The van der Waals surface area contributed by atoms with E-state index in [1.807, 2.05) is 6.07 Å². The lowest BCUT2D eigenvalue weighted by molar-refractivity contribution is -0.123. The predicted molar refractivity (Wildman–Crippen MR) is 99.9 cm³/mol. The lowest BCUT2D eigenvalue weighted by Crippen LogP contribution is -2.35. The number of rotatable bonds is 5. The summed E-state index contributed by atoms with van der Waals surface area (Å²) in [5.41, 5.74) is 5.61. The largest absolute Gasteiger partial charge is 0.383 e. The van der Waals surface area contributed by atoms with Crippen molar-refractivity contribution in [3.05, 3.63) is 53.6 Å². The van der Waals surface area contributed by atoms with Crippen LogP contribution in [0.3, 0.4) is 0 Å². The van der Waals surface area contributed by atoms with Gasteiger partial charge in [0.15, 0.2) is 0 Å². The van der Waals surface area contributed by atoms with Crippen LogP contribution in [0.4, 0.5) is 5.69 Å². The van der Waals surface area contributed by atoms with E-state index in [2.05, 4.69) is 50.2 Å². The van der Waals surface area contributed by atoms with Crippen molar-refractivity contribution in [2.45, 2.75) is 26.4 Å². The number of hydrogen-bond donors (Lipinski definition) is 0. The van der Waals surface area contributed by atoms with E-state index in [4.69, 9.17) is 9.47 Å². The maximum Gasteiger partial charge on any atom is 0.253 e. The zero-order valence-electron chi connectivity index (χ0n) is 15.1. The van der Waals surface area contributed by atoms with Gasteiger partial charge in [0.05, 0.1) is 13.2 Å². The Balaban J connectivity index is 1.97. The maximum absolute atomic E-state index is 12.3. The monoisotopic (exact) mass is 339 g/mol. The third-order valence-corrected chi connectivity index (χ3v) is 4.56. The number of carbonyl (C=O) groups is 1. The van der Waals surface area contributed by atoms with E-state index in [0.29, 0.717) is 25.7 Å². The van der Waals surface area contributed by atoms with Gasteiger partial charge in [-0.1, -0.05) is 44.2 Å². The van der Waals surface area contributed by atoms with E-state index in [9.17, 15) is 4.79 Å². The van der Waals surface area contributed by atoms with Crippen LogP contribution in [0.25, 0.3) is 11.1 Å². The first-order chi connectivity index (χ1) is 12.1. The molecule has 2 aromatic rings. The Morgan fingerprint density at radius 2 is 1.92 bits per heavy atom. The predicted octanol–water partition coefficient (Wildman–Crippen LogP) is 3.99. The van der Waals surface area contributed by atoms with Crippen molar-refractivity contribution < 1.29 is 14.3 Å². The summed E-state index contributed by atoms with van der Waals surface area (Å²) < 4.78 is 10.7. The van der Waals surface area contributed by atoms with Gasteiger partial charge in [-0.3, -0.25) is 4.79 Å². The molecule has 0 N–H and O–H groups in total. The van der Waals surface area contributed by atoms with Gasteiger partial charge in [-0.2, -0.15) is 0 Å². The first-order valence-electron chi connectivity index (χ1n) is 8.70. The Kier molecular flexibility index (Phi) is 5.51. The zero-order chi connectivity index (χ0) is 17.8. The van der Waals surface area contributed by atoms with Crippen molar-refractivity contribution in [2.75, 3.05) is 31.8 Å². The molecule has 1 aliphatic rings. The second-order valence-electron chi connectivity index (χ2n) is 6.65. The number of nitrogens with zero attached hydrogens (tertiary/aromatic N) is 1. The average Bonchev–Trinajstić information content (AvgIpc) is 2.77. The van der Waals surface area contributed by atoms with Gasteiger partial charge in [0.25, 0.3) is 5.91 Å². The number of fused-ring (bicyclic) bond motifs is 1. The van der Waals surface area contributed by atoms with Crippen LogP contribution in [-0.2, 0) is 20.9 Å². The highest BCUT2D eigenvalue weighted by molar-refractivity contribution is 5.96. The van der Waals surface area contributed by atoms with Gasteiger partial charge in [-0.25, -0.2) is 0 Å². The second-order valence-corrected chi connectivity index (χ2v) is 6.65. The van der Waals surface area contributed by atoms with E-state index in [1.54, 1.807) is 12.0 Å². The molecule has 1 heterocycles. The number of ether oxygens (including phenoxy) is 2. The molecule has 0 aliphatic carbocycles. The van der Waals surface area contributed by atoms with Gasteiger partial charge in [-0.05, 0) is 34.7 Å². The smallest absolute Gasteiger partial charge is 0.253 e. The van der Waals surface area contributed by atoms with Crippen LogP contribution in [-0.4, -0.2) is 32.8 Å². The van der Waals surface area contributed by atoms with Crippen LogP contribution in [0.5, 0.6) is 0 Å². The molecule has 0 aromatic heterocycles. The minimum Gasteiger partial charge on any atom is -0.383 e. The summed E-state index contributed by atoms with van der Waals surface area (Å²) in [6.07, 6.45) is 0. The highest BCUT2D eigenvalue weighted by Gasteiger charge is 2.22. The average molecular weight is 339 g/mol. The molecule has 0 atom stereocenters. The van der Waals surface area contributed by atoms with Gasteiger partial charge in [-0.15, -0.1) is 0 Å². The molecule has 1 amide bonds. The van der Waals surface area contributed by atoms with Gasteiger partial charge in [0.2, 0.25) is 0 Å². The molecule has 0 saturated carbocycles. The maximum atomic E-state index is 12.3. The SMILES string of the molecule is COCCN1C(=O)COCc2cc(-c3cccc(C(C)C)c3)ccc21. The molecule has 4 heteroatoms. The van der Waals surface area contributed by atoms with Gasteiger partial charge in [0, 0.05) is 24.9 Å². The summed E-state index contributed by atoms with van der Waals surface area (Å²) in [6, 6.07) is 14.8. The van der Waals surface area contributed by atoms with E-state index in [-0.39, 0.29) is 12.5 Å². The molecule has 0 unspecified atom stereocenters. The first-order valence-corrected chi connectivity index (χ1v) is 8.70. The Bertz CT molecular complexity index is 755. The van der Waals surface area contributed by atoms with Crippen LogP contribution < -0.4 is 4.90 Å². The minimum atomic E-state index is -0.0228.